The van der Waals surface area contributed by atoms with Crippen LogP contribution in [0.3, 0.4) is 0 Å². The zero-order valence-corrected chi connectivity index (χ0v) is 15.9. The number of esters is 1. The summed E-state index contributed by atoms with van der Waals surface area (Å²) in [6, 6.07) is 0. The van der Waals surface area contributed by atoms with Crippen LogP contribution in [0.5, 0.6) is 0 Å². The zero-order valence-electron chi connectivity index (χ0n) is 15.9. The number of aliphatic hydroxyl groups is 1. The van der Waals surface area contributed by atoms with Gasteiger partial charge in [-0.15, -0.1) is 0 Å². The van der Waals surface area contributed by atoms with Crippen molar-refractivity contribution >= 4 is 11.8 Å². The van der Waals surface area contributed by atoms with Crippen molar-refractivity contribution in [2.45, 2.75) is 90.1 Å². The third kappa shape index (κ3) is 9.01. The van der Waals surface area contributed by atoms with Crippen LogP contribution in [0.15, 0.2) is 23.3 Å². The summed E-state index contributed by atoms with van der Waals surface area (Å²) in [5.41, 5.74) is 2.05. The molecular weight excluding hydrogens is 316 g/mol. The second-order valence-electron chi connectivity index (χ2n) is 6.84. The lowest BCUT2D eigenvalue weighted by Crippen LogP contribution is -2.02. The van der Waals surface area contributed by atoms with Gasteiger partial charge in [-0.25, -0.2) is 0 Å². The second kappa shape index (κ2) is 12.9. The molecule has 0 aromatic heterocycles. The molecule has 1 aliphatic carbocycles. The van der Waals surface area contributed by atoms with Crippen molar-refractivity contribution in [1.29, 1.82) is 0 Å². The molecule has 0 fully saturated rings. The van der Waals surface area contributed by atoms with Gasteiger partial charge in [0.25, 0.3) is 0 Å². The van der Waals surface area contributed by atoms with Crippen LogP contribution >= 0.6 is 0 Å². The van der Waals surface area contributed by atoms with E-state index in [2.05, 4.69) is 11.7 Å². The van der Waals surface area contributed by atoms with E-state index in [0.717, 1.165) is 75.4 Å². The Labute approximate surface area is 152 Å². The van der Waals surface area contributed by atoms with Crippen molar-refractivity contribution in [3.8, 4) is 0 Å². The Kier molecular flexibility index (Phi) is 11.1. The highest BCUT2D eigenvalue weighted by Crippen LogP contribution is 2.28. The minimum atomic E-state index is -0.408. The number of methoxy groups -OCH3 is 1. The Morgan fingerprint density at radius 3 is 2.64 bits per heavy atom. The van der Waals surface area contributed by atoms with Crippen LogP contribution < -0.4 is 0 Å². The summed E-state index contributed by atoms with van der Waals surface area (Å²) in [7, 11) is 1.41. The van der Waals surface area contributed by atoms with Gasteiger partial charge in [-0.3, -0.25) is 9.59 Å². The number of carbonyl (C=O) groups is 2. The lowest BCUT2D eigenvalue weighted by molar-refractivity contribution is -0.140. The van der Waals surface area contributed by atoms with Gasteiger partial charge in [0.15, 0.2) is 5.78 Å². The summed E-state index contributed by atoms with van der Waals surface area (Å²) in [6.07, 6.45) is 14.0. The molecule has 0 radical (unpaired) electrons. The number of ether oxygens (including phenoxy) is 1. The van der Waals surface area contributed by atoms with E-state index in [9.17, 15) is 14.7 Å². The van der Waals surface area contributed by atoms with E-state index in [1.165, 1.54) is 7.11 Å². The lowest BCUT2D eigenvalue weighted by atomic mass is 10.0. The van der Waals surface area contributed by atoms with E-state index in [0.29, 0.717) is 12.8 Å². The van der Waals surface area contributed by atoms with Crippen molar-refractivity contribution in [3.63, 3.8) is 0 Å². The topological polar surface area (TPSA) is 63.6 Å². The van der Waals surface area contributed by atoms with Crippen molar-refractivity contribution < 1.29 is 19.4 Å². The largest absolute Gasteiger partial charge is 0.469 e. The molecule has 4 nitrogen and oxygen atoms in total. The quantitative estimate of drug-likeness (QED) is 0.388. The van der Waals surface area contributed by atoms with Crippen molar-refractivity contribution in [3.05, 3.63) is 23.3 Å². The Balaban J connectivity index is 2.36. The molecule has 0 aromatic rings. The highest BCUT2D eigenvalue weighted by Gasteiger charge is 2.20. The Hall–Kier alpha value is -1.42. The van der Waals surface area contributed by atoms with Crippen LogP contribution in [0.4, 0.5) is 0 Å². The maximum absolute atomic E-state index is 12.1. The maximum Gasteiger partial charge on any atom is 0.305 e. The van der Waals surface area contributed by atoms with Gasteiger partial charge in [0.2, 0.25) is 0 Å². The fourth-order valence-corrected chi connectivity index (χ4v) is 3.17. The zero-order chi connectivity index (χ0) is 18.5. The first-order valence-electron chi connectivity index (χ1n) is 9.76. The average molecular weight is 350 g/mol. The van der Waals surface area contributed by atoms with E-state index in [-0.39, 0.29) is 11.8 Å². The minimum absolute atomic E-state index is 0.154. The molecule has 0 aromatic carbocycles. The van der Waals surface area contributed by atoms with Gasteiger partial charge in [-0.05, 0) is 43.3 Å². The lowest BCUT2D eigenvalue weighted by Gasteiger charge is -2.06. The average Bonchev–Trinajstić information content (AvgIpc) is 2.96. The fraction of sp³-hybridized carbons (Fsp3) is 0.714. The number of rotatable bonds is 13. The van der Waals surface area contributed by atoms with E-state index < -0.39 is 6.10 Å². The molecule has 0 bridgehead atoms. The second-order valence-corrected chi connectivity index (χ2v) is 6.84. The smallest absolute Gasteiger partial charge is 0.305 e. The predicted octanol–water partition coefficient (Wildman–Crippen LogP) is 4.66. The van der Waals surface area contributed by atoms with E-state index in [4.69, 9.17) is 0 Å². The summed E-state index contributed by atoms with van der Waals surface area (Å²) in [6.45, 7) is 2.15. The van der Waals surface area contributed by atoms with Crippen molar-refractivity contribution in [1.82, 2.24) is 0 Å². The Morgan fingerprint density at radius 1 is 1.16 bits per heavy atom. The van der Waals surface area contributed by atoms with Gasteiger partial charge in [0, 0.05) is 12.8 Å². The summed E-state index contributed by atoms with van der Waals surface area (Å²) in [5, 5.41) is 9.99. The molecule has 142 valence electrons. The summed E-state index contributed by atoms with van der Waals surface area (Å²) in [5.74, 6) is 0.105. The van der Waals surface area contributed by atoms with Gasteiger partial charge in [-0.1, -0.05) is 51.2 Å². The van der Waals surface area contributed by atoms with E-state index in [1.807, 2.05) is 12.2 Å². The third-order valence-electron chi connectivity index (χ3n) is 4.75. The first-order chi connectivity index (χ1) is 12.1. The molecule has 1 N–H and O–H groups in total. The van der Waals surface area contributed by atoms with Gasteiger partial charge in [0.05, 0.1) is 13.2 Å². The molecule has 0 amide bonds. The number of carbonyl (C=O) groups excluding carboxylic acids is 2. The normalized spacial score (nSPS) is 16.0. The van der Waals surface area contributed by atoms with Crippen LogP contribution in [0, 0.1) is 0 Å². The van der Waals surface area contributed by atoms with Gasteiger partial charge < -0.3 is 9.84 Å². The van der Waals surface area contributed by atoms with Crippen molar-refractivity contribution in [2.75, 3.05) is 7.11 Å². The molecule has 4 heteroatoms. The fourth-order valence-electron chi connectivity index (χ4n) is 3.17. The molecule has 0 saturated heterocycles. The molecule has 0 heterocycles. The number of unbranched alkanes of at least 4 members (excludes halogenated alkanes) is 5. The SMILES string of the molecule is CCCCCC(O)/C=C/C1=C(CCCCCCC(=O)OC)C(=O)CC1. The third-order valence-corrected chi connectivity index (χ3v) is 4.75. The number of hydrogen-bond donors (Lipinski definition) is 1. The maximum atomic E-state index is 12.1. The van der Waals surface area contributed by atoms with Gasteiger partial charge in [-0.2, -0.15) is 0 Å². The number of aliphatic hydroxyl groups excluding tert-OH is 1. The standard InChI is InChI=1S/C21H34O4/c1-3-4-7-10-18(22)15-13-17-14-16-20(23)19(17)11-8-5-6-9-12-21(24)25-2/h13,15,18,22H,3-12,14,16H2,1-2H3/b15-13+. The predicted molar refractivity (Wildman–Crippen MR) is 100 cm³/mol. The van der Waals surface area contributed by atoms with E-state index >= 15 is 0 Å². The number of allylic oxidation sites excluding steroid dienone is 3. The molecule has 0 aliphatic heterocycles. The van der Waals surface area contributed by atoms with Crippen molar-refractivity contribution in [2.24, 2.45) is 0 Å². The molecule has 25 heavy (non-hydrogen) atoms. The Morgan fingerprint density at radius 2 is 1.92 bits per heavy atom. The number of hydrogen-bond acceptors (Lipinski definition) is 4. The van der Waals surface area contributed by atoms with Crippen LogP contribution in [-0.2, 0) is 14.3 Å². The molecule has 0 saturated carbocycles. The van der Waals surface area contributed by atoms with Crippen LogP contribution in [0.2, 0.25) is 0 Å². The van der Waals surface area contributed by atoms with Crippen LogP contribution in [-0.4, -0.2) is 30.1 Å². The molecule has 1 rings (SSSR count). The van der Waals surface area contributed by atoms with Gasteiger partial charge >= 0.3 is 5.97 Å². The van der Waals surface area contributed by atoms with E-state index in [1.54, 1.807) is 0 Å². The summed E-state index contributed by atoms with van der Waals surface area (Å²) >= 11 is 0. The summed E-state index contributed by atoms with van der Waals surface area (Å²) < 4.78 is 4.62. The van der Waals surface area contributed by atoms with Gasteiger partial charge in [0.1, 0.15) is 0 Å². The monoisotopic (exact) mass is 350 g/mol. The highest BCUT2D eigenvalue weighted by atomic mass is 16.5. The first kappa shape index (κ1) is 21.6. The Bertz CT molecular complexity index is 476. The van der Waals surface area contributed by atoms with Crippen LogP contribution in [0.25, 0.3) is 0 Å². The van der Waals surface area contributed by atoms with Crippen LogP contribution in [0.1, 0.15) is 84.0 Å². The summed E-state index contributed by atoms with van der Waals surface area (Å²) in [4.78, 5) is 23.1. The molecule has 1 unspecified atom stereocenters. The molecule has 1 aliphatic rings. The molecule has 1 atom stereocenters. The highest BCUT2D eigenvalue weighted by molar-refractivity contribution is 5.99. The first-order valence-corrected chi connectivity index (χ1v) is 9.76. The number of Topliss-reactive ketones (excluding diaryl/α,β-unsaturated/α-hetero) is 1. The molecular formula is C21H34O4. The minimum Gasteiger partial charge on any atom is -0.469 e. The molecule has 0 spiro atoms. The number of ketones is 1.